The van der Waals surface area contributed by atoms with E-state index in [2.05, 4.69) is 15.5 Å². The van der Waals surface area contributed by atoms with Crippen LogP contribution in [0.15, 0.2) is 41.2 Å². The van der Waals surface area contributed by atoms with Gasteiger partial charge in [0.25, 0.3) is 11.5 Å². The van der Waals surface area contributed by atoms with Crippen LogP contribution in [0.2, 0.25) is 0 Å². The monoisotopic (exact) mass is 231 g/mol. The molecule has 3 N–H and O–H groups in total. The zero-order chi connectivity index (χ0) is 12.3. The average molecular weight is 231 g/mol. The molecular weight excluding hydrogens is 218 g/mol. The van der Waals surface area contributed by atoms with E-state index in [1.165, 1.54) is 6.07 Å². The minimum Gasteiger partial charge on any atom is -0.344 e. The van der Waals surface area contributed by atoms with Crippen LogP contribution in [-0.2, 0) is 0 Å². The van der Waals surface area contributed by atoms with Gasteiger partial charge in [0, 0.05) is 6.07 Å². The van der Waals surface area contributed by atoms with E-state index in [0.717, 1.165) is 5.56 Å². The number of rotatable bonds is 3. The van der Waals surface area contributed by atoms with Gasteiger partial charge >= 0.3 is 0 Å². The topological polar surface area (TPSA) is 77.8 Å². The summed E-state index contributed by atoms with van der Waals surface area (Å²) in [6.07, 6.45) is 0. The first kappa shape index (κ1) is 11.2. The Morgan fingerprint density at radius 1 is 1.24 bits per heavy atom. The first-order chi connectivity index (χ1) is 8.16. The van der Waals surface area contributed by atoms with Crippen molar-refractivity contribution in [1.29, 1.82) is 0 Å². The van der Waals surface area contributed by atoms with Crippen LogP contribution in [0.25, 0.3) is 0 Å². The first-order valence-corrected chi connectivity index (χ1v) is 5.30. The molecule has 1 unspecified atom stereocenters. The summed E-state index contributed by atoms with van der Waals surface area (Å²) in [5.74, 6) is -0.306. The van der Waals surface area contributed by atoms with Gasteiger partial charge in [-0.3, -0.25) is 19.8 Å². The van der Waals surface area contributed by atoms with Crippen LogP contribution in [0.1, 0.15) is 29.0 Å². The Morgan fingerprint density at radius 2 is 1.94 bits per heavy atom. The minimum absolute atomic E-state index is 0.109. The molecule has 0 aliphatic heterocycles. The fraction of sp³-hybridized carbons (Fsp3) is 0.167. The van der Waals surface area contributed by atoms with Crippen molar-refractivity contribution in [2.75, 3.05) is 0 Å². The van der Waals surface area contributed by atoms with Gasteiger partial charge in [-0.1, -0.05) is 30.3 Å². The van der Waals surface area contributed by atoms with Gasteiger partial charge in [0.1, 0.15) is 5.69 Å². The third-order valence-electron chi connectivity index (χ3n) is 2.49. The molecule has 1 atom stereocenters. The second kappa shape index (κ2) is 4.69. The number of hydrogen-bond acceptors (Lipinski definition) is 2. The SMILES string of the molecule is CC(NC(=O)c1cc(=O)[nH][nH]1)c1ccccc1. The second-order valence-electron chi connectivity index (χ2n) is 3.78. The third kappa shape index (κ3) is 2.63. The van der Waals surface area contributed by atoms with E-state index in [-0.39, 0.29) is 23.2 Å². The van der Waals surface area contributed by atoms with E-state index in [1.807, 2.05) is 37.3 Å². The molecule has 17 heavy (non-hydrogen) atoms. The lowest BCUT2D eigenvalue weighted by Crippen LogP contribution is -2.26. The van der Waals surface area contributed by atoms with Gasteiger partial charge in [0.05, 0.1) is 6.04 Å². The molecule has 1 aromatic heterocycles. The van der Waals surface area contributed by atoms with Gasteiger partial charge in [0.15, 0.2) is 0 Å². The Bertz CT molecular complexity index is 556. The maximum Gasteiger partial charge on any atom is 0.269 e. The molecule has 5 nitrogen and oxygen atoms in total. The number of nitrogens with one attached hydrogen (secondary N) is 3. The van der Waals surface area contributed by atoms with Crippen LogP contribution in [-0.4, -0.2) is 16.1 Å². The van der Waals surface area contributed by atoms with Crippen molar-refractivity contribution in [2.45, 2.75) is 13.0 Å². The summed E-state index contributed by atoms with van der Waals surface area (Å²) >= 11 is 0. The standard InChI is InChI=1S/C12H13N3O2/c1-8(9-5-3-2-4-6-9)13-12(17)10-7-11(16)15-14-10/h2-8H,1H3,(H,13,17)(H2,14,15,16). The lowest BCUT2D eigenvalue weighted by atomic mass is 10.1. The number of carbonyl (C=O) groups is 1. The van der Waals surface area contributed by atoms with Crippen molar-refractivity contribution < 1.29 is 4.79 Å². The lowest BCUT2D eigenvalue weighted by Gasteiger charge is -2.13. The molecule has 2 aromatic rings. The molecule has 0 spiro atoms. The molecule has 0 aliphatic rings. The summed E-state index contributed by atoms with van der Waals surface area (Å²) in [6, 6.07) is 10.7. The second-order valence-corrected chi connectivity index (χ2v) is 3.78. The Balaban J connectivity index is 2.07. The fourth-order valence-corrected chi connectivity index (χ4v) is 1.55. The normalized spacial score (nSPS) is 12.1. The lowest BCUT2D eigenvalue weighted by molar-refractivity contribution is 0.0935. The number of carbonyl (C=O) groups excluding carboxylic acids is 1. The first-order valence-electron chi connectivity index (χ1n) is 5.30. The van der Waals surface area contributed by atoms with Crippen molar-refractivity contribution in [3.05, 3.63) is 58.0 Å². The summed E-state index contributed by atoms with van der Waals surface area (Å²) < 4.78 is 0. The highest BCUT2D eigenvalue weighted by Gasteiger charge is 2.12. The summed E-state index contributed by atoms with van der Waals surface area (Å²) in [6.45, 7) is 1.89. The molecular formula is C12H13N3O2. The minimum atomic E-state index is -0.317. The van der Waals surface area contributed by atoms with Gasteiger partial charge in [-0.25, -0.2) is 0 Å². The van der Waals surface area contributed by atoms with Crippen LogP contribution in [0.3, 0.4) is 0 Å². The van der Waals surface area contributed by atoms with E-state index in [4.69, 9.17) is 0 Å². The van der Waals surface area contributed by atoms with Crippen LogP contribution in [0.4, 0.5) is 0 Å². The van der Waals surface area contributed by atoms with E-state index in [0.29, 0.717) is 0 Å². The van der Waals surface area contributed by atoms with Crippen LogP contribution in [0, 0.1) is 0 Å². The smallest absolute Gasteiger partial charge is 0.269 e. The Hall–Kier alpha value is -2.30. The molecule has 88 valence electrons. The number of aromatic amines is 2. The molecule has 0 radical (unpaired) electrons. The maximum atomic E-state index is 11.7. The maximum absolute atomic E-state index is 11.7. The van der Waals surface area contributed by atoms with E-state index >= 15 is 0 Å². The van der Waals surface area contributed by atoms with Crippen molar-refractivity contribution >= 4 is 5.91 Å². The van der Waals surface area contributed by atoms with E-state index in [1.54, 1.807) is 0 Å². The molecule has 0 fully saturated rings. The number of hydrogen-bond donors (Lipinski definition) is 3. The van der Waals surface area contributed by atoms with Crippen LogP contribution >= 0.6 is 0 Å². The van der Waals surface area contributed by atoms with Gasteiger partial charge < -0.3 is 5.32 Å². The molecule has 1 aromatic carbocycles. The van der Waals surface area contributed by atoms with Gasteiger partial charge in [-0.15, -0.1) is 0 Å². The van der Waals surface area contributed by atoms with Crippen molar-refractivity contribution in [2.24, 2.45) is 0 Å². The molecule has 1 amide bonds. The Kier molecular flexibility index (Phi) is 3.09. The van der Waals surface area contributed by atoms with Crippen molar-refractivity contribution in [3.63, 3.8) is 0 Å². The predicted molar refractivity (Wildman–Crippen MR) is 63.7 cm³/mol. The highest BCUT2D eigenvalue weighted by Crippen LogP contribution is 2.11. The molecule has 0 bridgehead atoms. The number of benzene rings is 1. The number of H-pyrrole nitrogens is 2. The quantitative estimate of drug-likeness (QED) is 0.742. The Morgan fingerprint density at radius 3 is 2.53 bits per heavy atom. The zero-order valence-corrected chi connectivity index (χ0v) is 9.36. The highest BCUT2D eigenvalue weighted by atomic mass is 16.2. The highest BCUT2D eigenvalue weighted by molar-refractivity contribution is 5.92. The van der Waals surface area contributed by atoms with Crippen LogP contribution in [0.5, 0.6) is 0 Å². The van der Waals surface area contributed by atoms with Crippen molar-refractivity contribution in [1.82, 2.24) is 15.5 Å². The van der Waals surface area contributed by atoms with Gasteiger partial charge in [0.2, 0.25) is 0 Å². The largest absolute Gasteiger partial charge is 0.344 e. The molecule has 0 saturated carbocycles. The summed E-state index contributed by atoms with van der Waals surface area (Å²) in [5.41, 5.74) is 0.930. The van der Waals surface area contributed by atoms with Crippen LogP contribution < -0.4 is 10.9 Å². The van der Waals surface area contributed by atoms with Gasteiger partial charge in [-0.2, -0.15) is 0 Å². The molecule has 1 heterocycles. The zero-order valence-electron chi connectivity index (χ0n) is 9.36. The number of amides is 1. The van der Waals surface area contributed by atoms with Crippen molar-refractivity contribution in [3.8, 4) is 0 Å². The van der Waals surface area contributed by atoms with E-state index in [9.17, 15) is 9.59 Å². The summed E-state index contributed by atoms with van der Waals surface area (Å²) in [5, 5.41) is 7.63. The fourth-order valence-electron chi connectivity index (χ4n) is 1.55. The molecule has 2 rings (SSSR count). The predicted octanol–water partition coefficient (Wildman–Crippen LogP) is 1.19. The van der Waals surface area contributed by atoms with Gasteiger partial charge in [-0.05, 0) is 12.5 Å². The average Bonchev–Trinajstić information content (AvgIpc) is 2.77. The number of aromatic nitrogens is 2. The molecule has 5 heteroatoms. The summed E-state index contributed by atoms with van der Waals surface area (Å²) in [7, 11) is 0. The summed E-state index contributed by atoms with van der Waals surface area (Å²) in [4.78, 5) is 22.6. The molecule has 0 aliphatic carbocycles. The molecule has 0 saturated heterocycles. The Labute approximate surface area is 97.9 Å². The van der Waals surface area contributed by atoms with E-state index < -0.39 is 0 Å². The third-order valence-corrected chi connectivity index (χ3v) is 2.49.